The van der Waals surface area contributed by atoms with Crippen LogP contribution < -0.4 is 11.3 Å². The standard InChI is InChI=1S/C17H23N5/c1-4-16-15(10-13-5-7-14(20-18)8-6-13)17-19-11(2)9-12(3)22(17)21-16/h5-9,15,17,20H,4,10,18H2,1-3H3. The molecule has 22 heavy (non-hydrogen) atoms. The predicted octanol–water partition coefficient (Wildman–Crippen LogP) is 2.92. The summed E-state index contributed by atoms with van der Waals surface area (Å²) in [6.45, 7) is 6.33. The van der Waals surface area contributed by atoms with Crippen molar-refractivity contribution in [1.29, 1.82) is 0 Å². The Morgan fingerprint density at radius 1 is 1.23 bits per heavy atom. The quantitative estimate of drug-likeness (QED) is 0.663. The zero-order chi connectivity index (χ0) is 15.7. The molecular weight excluding hydrogens is 274 g/mol. The molecule has 0 saturated carbocycles. The van der Waals surface area contributed by atoms with Crippen molar-refractivity contribution in [2.45, 2.75) is 39.8 Å². The number of hydrogen-bond donors (Lipinski definition) is 2. The Morgan fingerprint density at radius 3 is 2.59 bits per heavy atom. The Bertz CT molecular complexity index is 642. The lowest BCUT2D eigenvalue weighted by Crippen LogP contribution is -2.35. The van der Waals surface area contributed by atoms with E-state index in [0.717, 1.165) is 24.2 Å². The molecule has 116 valence electrons. The number of nitrogens with zero attached hydrogens (tertiary/aromatic N) is 3. The Morgan fingerprint density at radius 2 is 1.95 bits per heavy atom. The summed E-state index contributed by atoms with van der Waals surface area (Å²) in [4.78, 5) is 4.82. The van der Waals surface area contributed by atoms with Gasteiger partial charge in [-0.2, -0.15) is 5.10 Å². The summed E-state index contributed by atoms with van der Waals surface area (Å²) in [6.07, 6.45) is 4.11. The predicted molar refractivity (Wildman–Crippen MR) is 91.7 cm³/mol. The normalized spacial score (nSPS) is 23.6. The second-order valence-electron chi connectivity index (χ2n) is 5.91. The molecule has 3 rings (SSSR count). The van der Waals surface area contributed by atoms with Gasteiger partial charge in [-0.25, -0.2) is 5.01 Å². The number of aliphatic imine (C=N–C) groups is 1. The van der Waals surface area contributed by atoms with E-state index < -0.39 is 0 Å². The van der Waals surface area contributed by atoms with Crippen molar-refractivity contribution in [3.8, 4) is 0 Å². The minimum atomic E-state index is 0.104. The summed E-state index contributed by atoms with van der Waals surface area (Å²) in [5.74, 6) is 5.76. The highest BCUT2D eigenvalue weighted by atomic mass is 15.5. The molecule has 0 saturated heterocycles. The fourth-order valence-electron chi connectivity index (χ4n) is 3.21. The highest BCUT2D eigenvalue weighted by Crippen LogP contribution is 2.33. The van der Waals surface area contributed by atoms with Gasteiger partial charge in [-0.05, 0) is 50.5 Å². The van der Waals surface area contributed by atoms with E-state index in [0.29, 0.717) is 5.92 Å². The Balaban J connectivity index is 1.85. The van der Waals surface area contributed by atoms with Crippen molar-refractivity contribution in [1.82, 2.24) is 5.01 Å². The number of nitrogen functional groups attached to an aromatic ring is 1. The number of hydrazone groups is 1. The summed E-state index contributed by atoms with van der Waals surface area (Å²) in [6, 6.07) is 8.25. The van der Waals surface area contributed by atoms with E-state index in [1.165, 1.54) is 17.0 Å². The van der Waals surface area contributed by atoms with E-state index >= 15 is 0 Å². The van der Waals surface area contributed by atoms with Crippen molar-refractivity contribution in [2.75, 3.05) is 5.43 Å². The molecule has 2 heterocycles. The molecule has 0 fully saturated rings. The maximum absolute atomic E-state index is 5.43. The van der Waals surface area contributed by atoms with Gasteiger partial charge >= 0.3 is 0 Å². The summed E-state index contributed by atoms with van der Waals surface area (Å²) >= 11 is 0. The summed E-state index contributed by atoms with van der Waals surface area (Å²) < 4.78 is 0. The zero-order valence-electron chi connectivity index (χ0n) is 13.4. The number of benzene rings is 1. The molecule has 0 aliphatic carbocycles. The molecule has 0 bridgehead atoms. The maximum atomic E-state index is 5.43. The van der Waals surface area contributed by atoms with Gasteiger partial charge in [0.25, 0.3) is 0 Å². The molecule has 2 unspecified atom stereocenters. The first-order valence-corrected chi connectivity index (χ1v) is 7.77. The average molecular weight is 297 g/mol. The van der Waals surface area contributed by atoms with E-state index in [1.807, 2.05) is 12.1 Å². The molecule has 5 nitrogen and oxygen atoms in total. The second-order valence-corrected chi connectivity index (χ2v) is 5.91. The molecule has 0 spiro atoms. The molecule has 0 aromatic heterocycles. The summed E-state index contributed by atoms with van der Waals surface area (Å²) in [7, 11) is 0. The van der Waals surface area contributed by atoms with Gasteiger partial charge in [-0.3, -0.25) is 10.8 Å². The van der Waals surface area contributed by atoms with Crippen LogP contribution in [0.2, 0.25) is 0 Å². The van der Waals surface area contributed by atoms with Crippen molar-refractivity contribution in [3.05, 3.63) is 41.6 Å². The van der Waals surface area contributed by atoms with Crippen LogP contribution in [0.25, 0.3) is 0 Å². The topological polar surface area (TPSA) is 66.0 Å². The number of rotatable bonds is 4. The molecule has 1 aromatic carbocycles. The lowest BCUT2D eigenvalue weighted by atomic mass is 9.91. The minimum Gasteiger partial charge on any atom is -0.324 e. The lowest BCUT2D eigenvalue weighted by molar-refractivity contribution is 0.259. The third-order valence-electron chi connectivity index (χ3n) is 4.33. The SMILES string of the molecule is CCC1=NN2C(C)=CC(C)=NC2C1Cc1ccc(NN)cc1. The number of fused-ring (bicyclic) bond motifs is 1. The third kappa shape index (κ3) is 2.64. The van der Waals surface area contributed by atoms with Crippen LogP contribution in [0.4, 0.5) is 5.69 Å². The van der Waals surface area contributed by atoms with Crippen LogP contribution in [0.15, 0.2) is 46.1 Å². The van der Waals surface area contributed by atoms with Gasteiger partial charge in [0.1, 0.15) is 6.17 Å². The highest BCUT2D eigenvalue weighted by Gasteiger charge is 2.38. The molecule has 0 amide bonds. The molecule has 2 atom stereocenters. The number of allylic oxidation sites excluding steroid dienone is 2. The summed E-state index contributed by atoms with van der Waals surface area (Å²) in [5, 5.41) is 6.87. The van der Waals surface area contributed by atoms with Crippen LogP contribution in [0, 0.1) is 5.92 Å². The van der Waals surface area contributed by atoms with E-state index in [9.17, 15) is 0 Å². The van der Waals surface area contributed by atoms with E-state index in [2.05, 4.69) is 49.4 Å². The Hall–Kier alpha value is -2.14. The Kier molecular flexibility index (Phi) is 3.98. The van der Waals surface area contributed by atoms with Crippen molar-refractivity contribution in [2.24, 2.45) is 21.9 Å². The number of hydrogen-bond acceptors (Lipinski definition) is 5. The van der Waals surface area contributed by atoms with Gasteiger partial charge in [0.05, 0.1) is 0 Å². The monoisotopic (exact) mass is 297 g/mol. The van der Waals surface area contributed by atoms with Crippen molar-refractivity contribution in [3.63, 3.8) is 0 Å². The lowest BCUT2D eigenvalue weighted by Gasteiger charge is -2.29. The largest absolute Gasteiger partial charge is 0.324 e. The van der Waals surface area contributed by atoms with Gasteiger partial charge in [-0.1, -0.05) is 19.1 Å². The highest BCUT2D eigenvalue weighted by molar-refractivity contribution is 5.96. The van der Waals surface area contributed by atoms with Crippen LogP contribution >= 0.6 is 0 Å². The van der Waals surface area contributed by atoms with Gasteiger partial charge in [0.15, 0.2) is 0 Å². The van der Waals surface area contributed by atoms with Crippen LogP contribution in [-0.4, -0.2) is 22.6 Å². The average Bonchev–Trinajstić information content (AvgIpc) is 2.86. The first-order chi connectivity index (χ1) is 10.6. The number of nitrogens with two attached hydrogens (primary N) is 1. The number of nitrogens with one attached hydrogen (secondary N) is 1. The molecule has 2 aliphatic rings. The molecule has 3 N–H and O–H groups in total. The first kappa shape index (κ1) is 14.8. The molecular formula is C17H23N5. The van der Waals surface area contributed by atoms with Crippen molar-refractivity contribution < 1.29 is 0 Å². The summed E-state index contributed by atoms with van der Waals surface area (Å²) in [5.41, 5.74) is 8.36. The minimum absolute atomic E-state index is 0.104. The third-order valence-corrected chi connectivity index (χ3v) is 4.33. The van der Waals surface area contributed by atoms with E-state index in [-0.39, 0.29) is 6.17 Å². The van der Waals surface area contributed by atoms with Crippen LogP contribution in [-0.2, 0) is 6.42 Å². The van der Waals surface area contributed by atoms with E-state index in [1.54, 1.807) is 0 Å². The van der Waals surface area contributed by atoms with Gasteiger partial charge in [0, 0.05) is 28.7 Å². The first-order valence-electron chi connectivity index (χ1n) is 7.77. The van der Waals surface area contributed by atoms with E-state index in [4.69, 9.17) is 15.9 Å². The van der Waals surface area contributed by atoms with Gasteiger partial charge < -0.3 is 5.43 Å². The second kappa shape index (κ2) is 5.93. The van der Waals surface area contributed by atoms with Crippen LogP contribution in [0.3, 0.4) is 0 Å². The maximum Gasteiger partial charge on any atom is 0.150 e. The van der Waals surface area contributed by atoms with Gasteiger partial charge in [-0.15, -0.1) is 0 Å². The fraction of sp³-hybridized carbons (Fsp3) is 0.412. The molecule has 2 aliphatic heterocycles. The number of hydrazine groups is 1. The number of anilines is 1. The smallest absolute Gasteiger partial charge is 0.150 e. The molecule has 1 aromatic rings. The molecule has 5 heteroatoms. The zero-order valence-corrected chi connectivity index (χ0v) is 13.4. The van der Waals surface area contributed by atoms with Crippen molar-refractivity contribution >= 4 is 17.1 Å². The van der Waals surface area contributed by atoms with Crippen LogP contribution in [0.1, 0.15) is 32.8 Å². The molecule has 0 radical (unpaired) electrons. The van der Waals surface area contributed by atoms with Crippen LogP contribution in [0.5, 0.6) is 0 Å². The Labute approximate surface area is 131 Å². The van der Waals surface area contributed by atoms with Gasteiger partial charge in [0.2, 0.25) is 0 Å². The fourth-order valence-corrected chi connectivity index (χ4v) is 3.21.